The predicted octanol–water partition coefficient (Wildman–Crippen LogP) is 0.948. The Labute approximate surface area is 104 Å². The van der Waals surface area contributed by atoms with Crippen LogP contribution in [0.5, 0.6) is 0 Å². The summed E-state index contributed by atoms with van der Waals surface area (Å²) in [5.41, 5.74) is 0. The van der Waals surface area contributed by atoms with Gasteiger partial charge < -0.3 is 0 Å². The van der Waals surface area contributed by atoms with Crippen LogP contribution in [0, 0.1) is 0 Å². The van der Waals surface area contributed by atoms with Crippen LogP contribution in [0.15, 0.2) is 0 Å². The van der Waals surface area contributed by atoms with Crippen molar-refractivity contribution in [2.75, 3.05) is 13.2 Å². The third-order valence-electron chi connectivity index (χ3n) is 1.45. The number of hydrogen-bond donors (Lipinski definition) is 0. The summed E-state index contributed by atoms with van der Waals surface area (Å²) in [4.78, 5) is 0. The molecule has 0 aliphatic heterocycles. The zero-order chi connectivity index (χ0) is 10.2. The van der Waals surface area contributed by atoms with Crippen LogP contribution in [0.25, 0.3) is 0 Å². The van der Waals surface area contributed by atoms with Crippen molar-refractivity contribution in [1.29, 1.82) is 0 Å². The average molecular weight is 331 g/mol. The van der Waals surface area contributed by atoms with Crippen molar-refractivity contribution in [1.82, 2.24) is 0 Å². The molecule has 0 heterocycles. The fourth-order valence-electron chi connectivity index (χ4n) is 0.645. The Hall–Kier alpha value is 0.669. The molecule has 0 aromatic rings. The summed E-state index contributed by atoms with van der Waals surface area (Å²) in [7, 11) is -3.73. The summed E-state index contributed by atoms with van der Waals surface area (Å²) in [6.45, 7) is 4.36. The van der Waals surface area contributed by atoms with Gasteiger partial charge in [-0.3, -0.25) is 0 Å². The van der Waals surface area contributed by atoms with Gasteiger partial charge in [-0.15, -0.1) is 0 Å². The second kappa shape index (κ2) is 10.2. The molecule has 0 unspecified atom stereocenters. The summed E-state index contributed by atoms with van der Waals surface area (Å²) >= 11 is 0. The van der Waals surface area contributed by atoms with Crippen molar-refractivity contribution >= 4 is 34.3 Å². The van der Waals surface area contributed by atoms with Crippen LogP contribution >= 0.6 is 0 Å². The Morgan fingerprint density at radius 2 is 1.29 bits per heavy atom. The van der Waals surface area contributed by atoms with Crippen molar-refractivity contribution in [3.05, 3.63) is 0 Å². The quantitative estimate of drug-likeness (QED) is 0.491. The Bertz CT molecular complexity index is 187. The Morgan fingerprint density at radius 3 is 1.57 bits per heavy atom. The molecule has 0 aromatic carbocycles. The van der Waals surface area contributed by atoms with E-state index in [1.807, 2.05) is 13.8 Å². The van der Waals surface area contributed by atoms with Crippen molar-refractivity contribution in [2.24, 2.45) is 0 Å². The molecule has 14 heavy (non-hydrogen) atoms. The van der Waals surface area contributed by atoms with Gasteiger partial charge >= 0.3 is 34.3 Å². The zero-order valence-electron chi connectivity index (χ0n) is 8.99. The number of unbranched alkanes of at least 4 members (excludes halogenated alkanes) is 2. The van der Waals surface area contributed by atoms with Crippen molar-refractivity contribution < 1.29 is 16.8 Å². The number of rotatable bonds is 8. The molecular weight excluding hydrogens is 311 g/mol. The third-order valence-corrected chi connectivity index (χ3v) is 2.36. The van der Waals surface area contributed by atoms with Gasteiger partial charge in [-0.2, -0.15) is 8.42 Å². The molecule has 0 saturated heterocycles. The van der Waals surface area contributed by atoms with E-state index in [1.54, 1.807) is 0 Å². The van der Waals surface area contributed by atoms with E-state index < -0.39 is 10.4 Å². The van der Waals surface area contributed by atoms with Crippen LogP contribution in [0.3, 0.4) is 0 Å². The van der Waals surface area contributed by atoms with Gasteiger partial charge in [0.15, 0.2) is 0 Å². The molecule has 2 radical (unpaired) electrons. The van der Waals surface area contributed by atoms with Gasteiger partial charge in [-0.05, 0) is 12.8 Å². The molecule has 0 spiro atoms. The second-order valence-corrected chi connectivity index (χ2v) is 4.05. The van der Waals surface area contributed by atoms with Crippen LogP contribution in [-0.2, 0) is 18.8 Å². The fraction of sp³-hybridized carbons (Fsp3) is 1.00. The van der Waals surface area contributed by atoms with Crippen LogP contribution in [0.2, 0.25) is 0 Å². The maximum atomic E-state index is 10.9. The first-order chi connectivity index (χ1) is 6.12. The van der Waals surface area contributed by atoms with E-state index >= 15 is 0 Å². The first-order valence-corrected chi connectivity index (χ1v) is 5.99. The van der Waals surface area contributed by atoms with E-state index in [0.29, 0.717) is 0 Å². The van der Waals surface area contributed by atoms with E-state index in [-0.39, 0.29) is 37.1 Å². The van der Waals surface area contributed by atoms with Gasteiger partial charge in [0.2, 0.25) is 0 Å². The van der Waals surface area contributed by atoms with E-state index in [1.165, 1.54) is 0 Å². The van der Waals surface area contributed by atoms with Gasteiger partial charge in [0, 0.05) is 0 Å². The molecule has 0 aromatic heterocycles. The van der Waals surface area contributed by atoms with Gasteiger partial charge in [0.25, 0.3) is 0 Å². The summed E-state index contributed by atoms with van der Waals surface area (Å²) in [6.07, 6.45) is 3.28. The molecule has 0 atom stereocenters. The van der Waals surface area contributed by atoms with E-state index in [0.717, 1.165) is 25.7 Å². The van der Waals surface area contributed by atoms with Gasteiger partial charge in [-0.25, -0.2) is 8.37 Å². The van der Waals surface area contributed by atoms with E-state index in [4.69, 9.17) is 0 Å². The Kier molecular flexibility index (Phi) is 12.4. The average Bonchev–Trinajstić information content (AvgIpc) is 2.05. The molecule has 0 N–H and O–H groups in total. The summed E-state index contributed by atoms with van der Waals surface area (Å²) in [6, 6.07) is 0. The van der Waals surface area contributed by atoms with E-state index in [2.05, 4.69) is 8.37 Å². The molecule has 0 amide bonds. The van der Waals surface area contributed by atoms with E-state index in [9.17, 15) is 8.42 Å². The molecule has 0 fully saturated rings. The van der Waals surface area contributed by atoms with Crippen molar-refractivity contribution in [2.45, 2.75) is 39.5 Å². The summed E-state index contributed by atoms with van der Waals surface area (Å²) in [5.74, 6) is 0. The SMILES string of the molecule is CCCCOS(=O)(=O)OCCCC.[SnH2]. The van der Waals surface area contributed by atoms with Crippen LogP contribution < -0.4 is 0 Å². The van der Waals surface area contributed by atoms with Gasteiger partial charge in [0.1, 0.15) is 0 Å². The molecule has 86 valence electrons. The Balaban J connectivity index is 0. The van der Waals surface area contributed by atoms with Gasteiger partial charge in [0.05, 0.1) is 13.2 Å². The fourth-order valence-corrected chi connectivity index (χ4v) is 1.36. The van der Waals surface area contributed by atoms with Crippen molar-refractivity contribution in [3.63, 3.8) is 0 Å². The monoisotopic (exact) mass is 332 g/mol. The van der Waals surface area contributed by atoms with Crippen LogP contribution in [0.4, 0.5) is 0 Å². The standard InChI is InChI=1S/C8H18O4S.Sn.2H/c1-3-5-7-11-13(9,10)12-8-6-4-2;;;/h3-8H2,1-2H3;;;. The zero-order valence-corrected chi connectivity index (χ0v) is 13.8. The minimum atomic E-state index is -3.73. The second-order valence-electron chi connectivity index (χ2n) is 2.76. The van der Waals surface area contributed by atoms with Crippen molar-refractivity contribution in [3.8, 4) is 0 Å². The molecule has 0 aliphatic rings. The molecular formula is C8H20O4SSn. The third kappa shape index (κ3) is 10.7. The first-order valence-electron chi connectivity index (χ1n) is 4.66. The predicted molar refractivity (Wildman–Crippen MR) is 59.2 cm³/mol. The maximum absolute atomic E-state index is 10.9. The molecule has 4 nitrogen and oxygen atoms in total. The van der Waals surface area contributed by atoms with Gasteiger partial charge in [-0.1, -0.05) is 26.7 Å². The van der Waals surface area contributed by atoms with Crippen LogP contribution in [0.1, 0.15) is 39.5 Å². The molecule has 0 bridgehead atoms. The molecule has 6 heteroatoms. The molecule has 0 rings (SSSR count). The number of hydrogen-bond acceptors (Lipinski definition) is 4. The summed E-state index contributed by atoms with van der Waals surface area (Å²) in [5, 5.41) is 0. The minimum absolute atomic E-state index is 0. The summed E-state index contributed by atoms with van der Waals surface area (Å²) < 4.78 is 31.0. The first kappa shape index (κ1) is 17.1. The molecule has 0 aliphatic carbocycles. The molecule has 0 saturated carbocycles. The van der Waals surface area contributed by atoms with Crippen LogP contribution in [-0.4, -0.2) is 45.5 Å². The normalized spacial score (nSPS) is 11.0. The topological polar surface area (TPSA) is 52.6 Å². The Morgan fingerprint density at radius 1 is 0.929 bits per heavy atom.